The Morgan fingerprint density at radius 2 is 1.82 bits per heavy atom. The normalized spacial score (nSPS) is 14.6. The summed E-state index contributed by atoms with van der Waals surface area (Å²) in [7, 11) is 0. The Morgan fingerprint density at radius 1 is 1.23 bits per heavy atom. The van der Waals surface area contributed by atoms with Gasteiger partial charge in [-0.15, -0.1) is 0 Å². The molecule has 0 aliphatic heterocycles. The van der Waals surface area contributed by atoms with Gasteiger partial charge in [-0.3, -0.25) is 0 Å². The third-order valence-electron chi connectivity index (χ3n) is 3.29. The van der Waals surface area contributed by atoms with Crippen LogP contribution in [0.2, 0.25) is 0 Å². The molecule has 122 valence electrons. The molecule has 0 aliphatic rings. The van der Waals surface area contributed by atoms with Gasteiger partial charge in [-0.25, -0.2) is 4.39 Å². The molecular formula is C15H17BrF4N2. The quantitative estimate of drug-likeness (QED) is 0.717. The van der Waals surface area contributed by atoms with E-state index < -0.39 is 18.0 Å². The third kappa shape index (κ3) is 3.46. The highest BCUT2D eigenvalue weighted by Crippen LogP contribution is 2.37. The van der Waals surface area contributed by atoms with E-state index in [0.29, 0.717) is 12.1 Å². The second-order valence-electron chi connectivity index (χ2n) is 6.58. The van der Waals surface area contributed by atoms with Crippen LogP contribution in [-0.4, -0.2) is 10.7 Å². The number of rotatable bonds is 2. The first-order valence-electron chi connectivity index (χ1n) is 6.70. The van der Waals surface area contributed by atoms with Crippen LogP contribution in [0.5, 0.6) is 0 Å². The summed E-state index contributed by atoms with van der Waals surface area (Å²) >= 11 is 3.07. The Kier molecular flexibility index (Phi) is 4.34. The molecule has 7 heteroatoms. The summed E-state index contributed by atoms with van der Waals surface area (Å²) in [5, 5.41) is 0.190. The standard InChI is InChI=1S/C15H17BrF4N2/c1-14(2,3)7-22-6-9(13(21)15(18,19)20)8-4-11(17)10(16)5-12(8)22/h4-6,13H,7,21H2,1-3H3. The summed E-state index contributed by atoms with van der Waals surface area (Å²) in [6.07, 6.45) is -3.20. The molecule has 0 spiro atoms. The van der Waals surface area contributed by atoms with Crippen LogP contribution in [0.1, 0.15) is 32.4 Å². The maximum absolute atomic E-state index is 13.8. The van der Waals surface area contributed by atoms with Crippen molar-refractivity contribution in [1.82, 2.24) is 4.57 Å². The molecule has 0 saturated carbocycles. The molecule has 0 saturated heterocycles. The fourth-order valence-corrected chi connectivity index (χ4v) is 2.71. The smallest absolute Gasteiger partial charge is 0.347 e. The van der Waals surface area contributed by atoms with Gasteiger partial charge in [-0.2, -0.15) is 13.2 Å². The fraction of sp³-hybridized carbons (Fsp3) is 0.467. The average Bonchev–Trinajstić information content (AvgIpc) is 2.64. The van der Waals surface area contributed by atoms with Crippen LogP contribution in [-0.2, 0) is 6.54 Å². The average molecular weight is 381 g/mol. The lowest BCUT2D eigenvalue weighted by atomic mass is 9.97. The Hall–Kier alpha value is -1.08. The van der Waals surface area contributed by atoms with Crippen LogP contribution in [0, 0.1) is 11.2 Å². The van der Waals surface area contributed by atoms with Crippen molar-refractivity contribution in [3.8, 4) is 0 Å². The lowest BCUT2D eigenvalue weighted by Gasteiger charge is -2.20. The first kappa shape index (κ1) is 17.3. The van der Waals surface area contributed by atoms with Gasteiger partial charge in [0.05, 0.1) is 4.47 Å². The van der Waals surface area contributed by atoms with E-state index in [1.807, 2.05) is 20.8 Å². The zero-order valence-corrected chi connectivity index (χ0v) is 14.0. The van der Waals surface area contributed by atoms with Crippen molar-refractivity contribution < 1.29 is 17.6 Å². The van der Waals surface area contributed by atoms with Gasteiger partial charge in [0.25, 0.3) is 0 Å². The molecule has 22 heavy (non-hydrogen) atoms. The molecule has 2 N–H and O–H groups in total. The van der Waals surface area contributed by atoms with E-state index in [2.05, 4.69) is 15.9 Å². The summed E-state index contributed by atoms with van der Waals surface area (Å²) in [5.74, 6) is -0.614. The van der Waals surface area contributed by atoms with Gasteiger partial charge in [-0.05, 0) is 33.5 Å². The molecule has 2 aromatic rings. The number of alkyl halides is 3. The zero-order valence-electron chi connectivity index (χ0n) is 12.4. The first-order valence-corrected chi connectivity index (χ1v) is 7.49. The summed E-state index contributed by atoms with van der Waals surface area (Å²) < 4.78 is 54.5. The van der Waals surface area contributed by atoms with Crippen LogP contribution >= 0.6 is 15.9 Å². The Morgan fingerprint density at radius 3 is 2.32 bits per heavy atom. The van der Waals surface area contributed by atoms with Gasteiger partial charge < -0.3 is 10.3 Å². The summed E-state index contributed by atoms with van der Waals surface area (Å²) in [4.78, 5) is 0. The summed E-state index contributed by atoms with van der Waals surface area (Å²) in [5.41, 5.74) is 5.60. The van der Waals surface area contributed by atoms with E-state index in [4.69, 9.17) is 5.73 Å². The van der Waals surface area contributed by atoms with Crippen molar-refractivity contribution in [3.63, 3.8) is 0 Å². The molecule has 0 fully saturated rings. The minimum Gasteiger partial charge on any atom is -0.347 e. The zero-order chi connectivity index (χ0) is 16.9. The molecule has 1 atom stereocenters. The van der Waals surface area contributed by atoms with Crippen LogP contribution in [0.4, 0.5) is 17.6 Å². The number of hydrogen-bond donors (Lipinski definition) is 1. The van der Waals surface area contributed by atoms with Gasteiger partial charge >= 0.3 is 6.18 Å². The number of nitrogens with zero attached hydrogens (tertiary/aromatic N) is 1. The topological polar surface area (TPSA) is 30.9 Å². The van der Waals surface area contributed by atoms with Crippen LogP contribution in [0.25, 0.3) is 10.9 Å². The summed E-state index contributed by atoms with van der Waals surface area (Å²) in [6.45, 7) is 6.41. The monoisotopic (exact) mass is 380 g/mol. The molecule has 0 aliphatic carbocycles. The van der Waals surface area contributed by atoms with Crippen LogP contribution < -0.4 is 5.73 Å². The number of nitrogens with two attached hydrogens (primary N) is 1. The molecule has 1 heterocycles. The maximum Gasteiger partial charge on any atom is 0.407 e. The number of aromatic nitrogens is 1. The molecule has 2 rings (SSSR count). The van der Waals surface area contributed by atoms with Gasteiger partial charge in [0.1, 0.15) is 11.9 Å². The highest BCUT2D eigenvalue weighted by Gasteiger charge is 2.39. The predicted octanol–water partition coefficient (Wildman–Crippen LogP) is 5.15. The van der Waals surface area contributed by atoms with Crippen molar-refractivity contribution in [2.24, 2.45) is 11.1 Å². The molecule has 1 unspecified atom stereocenters. The van der Waals surface area contributed by atoms with Crippen LogP contribution in [0.3, 0.4) is 0 Å². The molecule has 2 nitrogen and oxygen atoms in total. The highest BCUT2D eigenvalue weighted by atomic mass is 79.9. The lowest BCUT2D eigenvalue weighted by Crippen LogP contribution is -2.28. The van der Waals surface area contributed by atoms with Crippen molar-refractivity contribution in [1.29, 1.82) is 0 Å². The first-order chi connectivity index (χ1) is 9.90. The molecule has 0 radical (unpaired) electrons. The molecule has 0 bridgehead atoms. The molecule has 1 aromatic carbocycles. The van der Waals surface area contributed by atoms with Gasteiger partial charge in [0, 0.05) is 29.2 Å². The number of halogens is 5. The molecule has 1 aromatic heterocycles. The lowest BCUT2D eigenvalue weighted by molar-refractivity contribution is -0.148. The predicted molar refractivity (Wildman–Crippen MR) is 82.0 cm³/mol. The Labute approximate surface area is 134 Å². The van der Waals surface area contributed by atoms with Gasteiger partial charge in [0.2, 0.25) is 0 Å². The van der Waals surface area contributed by atoms with E-state index in [9.17, 15) is 17.6 Å². The fourth-order valence-electron chi connectivity index (χ4n) is 2.38. The van der Waals surface area contributed by atoms with Crippen molar-refractivity contribution in [2.75, 3.05) is 0 Å². The van der Waals surface area contributed by atoms with Crippen molar-refractivity contribution in [2.45, 2.75) is 39.5 Å². The number of benzene rings is 1. The minimum absolute atomic E-state index is 0.113. The van der Waals surface area contributed by atoms with E-state index in [0.717, 1.165) is 6.07 Å². The Bertz CT molecular complexity index is 698. The number of hydrogen-bond acceptors (Lipinski definition) is 1. The van der Waals surface area contributed by atoms with Crippen LogP contribution in [0.15, 0.2) is 22.8 Å². The Balaban J connectivity index is 2.69. The van der Waals surface area contributed by atoms with E-state index in [-0.39, 0.29) is 20.8 Å². The third-order valence-corrected chi connectivity index (χ3v) is 3.89. The van der Waals surface area contributed by atoms with E-state index in [1.165, 1.54) is 12.3 Å². The molecule has 0 amide bonds. The largest absolute Gasteiger partial charge is 0.407 e. The van der Waals surface area contributed by atoms with Gasteiger partial charge in [0.15, 0.2) is 0 Å². The van der Waals surface area contributed by atoms with Crippen molar-refractivity contribution in [3.05, 3.63) is 34.2 Å². The number of fused-ring (bicyclic) bond motifs is 1. The second kappa shape index (κ2) is 5.53. The second-order valence-corrected chi connectivity index (χ2v) is 7.43. The SMILES string of the molecule is CC(C)(C)Cn1cc(C(N)C(F)(F)F)c2cc(F)c(Br)cc21. The van der Waals surface area contributed by atoms with Crippen molar-refractivity contribution >= 4 is 26.8 Å². The van der Waals surface area contributed by atoms with E-state index in [1.54, 1.807) is 4.57 Å². The minimum atomic E-state index is -4.58. The van der Waals surface area contributed by atoms with Gasteiger partial charge in [-0.1, -0.05) is 20.8 Å². The summed E-state index contributed by atoms with van der Waals surface area (Å²) in [6, 6.07) is 0.444. The molecular weight excluding hydrogens is 364 g/mol. The maximum atomic E-state index is 13.8. The highest BCUT2D eigenvalue weighted by molar-refractivity contribution is 9.10. The van der Waals surface area contributed by atoms with E-state index >= 15 is 0 Å².